The first kappa shape index (κ1) is 11.3. The van der Waals surface area contributed by atoms with Crippen molar-refractivity contribution in [1.82, 2.24) is 0 Å². The van der Waals surface area contributed by atoms with Crippen molar-refractivity contribution in [2.45, 2.75) is 12.4 Å². The van der Waals surface area contributed by atoms with E-state index in [2.05, 4.69) is 0 Å². The molecule has 5 nitrogen and oxygen atoms in total. The Morgan fingerprint density at radius 2 is 2.07 bits per heavy atom. The molecule has 0 fully saturated rings. The van der Waals surface area contributed by atoms with Gasteiger partial charge >= 0.3 is 0 Å². The third kappa shape index (κ3) is 2.38. The number of ketones is 1. The molecule has 0 saturated heterocycles. The number of rotatable bonds is 3. The van der Waals surface area contributed by atoms with Gasteiger partial charge in [-0.05, 0) is 19.1 Å². The lowest BCUT2D eigenvalue weighted by Crippen LogP contribution is -2.28. The second kappa shape index (κ2) is 3.77. The molecule has 0 aromatic carbocycles. The van der Waals surface area contributed by atoms with Crippen LogP contribution >= 0.6 is 11.3 Å². The molecule has 1 rings (SSSR count). The van der Waals surface area contributed by atoms with E-state index in [9.17, 15) is 13.2 Å². The van der Waals surface area contributed by atoms with Gasteiger partial charge in [-0.3, -0.25) is 9.35 Å². The van der Waals surface area contributed by atoms with Gasteiger partial charge < -0.3 is 5.11 Å². The Hall–Kier alpha value is -0.760. The van der Waals surface area contributed by atoms with Crippen LogP contribution in [0.1, 0.15) is 14.5 Å². The maximum Gasteiger partial charge on any atom is 0.300 e. The Morgan fingerprint density at radius 3 is 2.43 bits per heavy atom. The van der Waals surface area contributed by atoms with Gasteiger partial charge in [-0.15, -0.1) is 11.3 Å². The van der Waals surface area contributed by atoms with Gasteiger partial charge in [0.15, 0.2) is 0 Å². The van der Waals surface area contributed by atoms with E-state index >= 15 is 0 Å². The number of aliphatic hydroxyl groups is 1. The predicted octanol–water partition coefficient (Wildman–Crippen LogP) is 0.445. The standard InChI is InChI=1S/C7H8O5S2/c1-4-2-3-5(13-4)6(8)7(9)14(10,11)12/h2-3,7,9H,1H3,(H,10,11,12). The maximum absolute atomic E-state index is 11.2. The van der Waals surface area contributed by atoms with Gasteiger partial charge in [-0.1, -0.05) is 0 Å². The predicted molar refractivity (Wildman–Crippen MR) is 50.9 cm³/mol. The van der Waals surface area contributed by atoms with Crippen molar-refractivity contribution < 1.29 is 22.9 Å². The number of carbonyl (C=O) groups is 1. The molecule has 1 heterocycles. The molecular weight excluding hydrogens is 228 g/mol. The largest absolute Gasteiger partial charge is 0.369 e. The zero-order valence-corrected chi connectivity index (χ0v) is 8.80. The monoisotopic (exact) mass is 236 g/mol. The zero-order chi connectivity index (χ0) is 10.9. The number of aryl methyl sites for hydroxylation is 1. The van der Waals surface area contributed by atoms with Gasteiger partial charge in [0.25, 0.3) is 10.1 Å². The summed E-state index contributed by atoms with van der Waals surface area (Å²) in [5, 5.41) is 8.94. The van der Waals surface area contributed by atoms with Crippen molar-refractivity contribution in [2.24, 2.45) is 0 Å². The zero-order valence-electron chi connectivity index (χ0n) is 7.17. The SMILES string of the molecule is Cc1ccc(C(=O)C(O)S(=O)(=O)O)s1. The molecule has 78 valence electrons. The van der Waals surface area contributed by atoms with Crippen LogP contribution < -0.4 is 0 Å². The lowest BCUT2D eigenvalue weighted by atomic mass is 10.3. The van der Waals surface area contributed by atoms with Gasteiger partial charge in [-0.25, -0.2) is 0 Å². The molecule has 0 radical (unpaired) electrons. The second-order valence-electron chi connectivity index (χ2n) is 2.64. The number of hydrogen-bond donors (Lipinski definition) is 2. The lowest BCUT2D eigenvalue weighted by Gasteiger charge is -2.03. The molecule has 1 atom stereocenters. The highest BCUT2D eigenvalue weighted by Gasteiger charge is 2.29. The van der Waals surface area contributed by atoms with Crippen molar-refractivity contribution in [1.29, 1.82) is 0 Å². The van der Waals surface area contributed by atoms with Crippen LogP contribution in [0.3, 0.4) is 0 Å². The average Bonchev–Trinajstić information content (AvgIpc) is 2.47. The summed E-state index contributed by atoms with van der Waals surface area (Å²) in [6.45, 7) is 1.74. The summed E-state index contributed by atoms with van der Waals surface area (Å²) in [6, 6.07) is 3.02. The fourth-order valence-electron chi connectivity index (χ4n) is 0.824. The van der Waals surface area contributed by atoms with Crippen molar-refractivity contribution in [3.63, 3.8) is 0 Å². The van der Waals surface area contributed by atoms with E-state index in [4.69, 9.17) is 9.66 Å². The van der Waals surface area contributed by atoms with Crippen molar-refractivity contribution in [3.05, 3.63) is 21.9 Å². The lowest BCUT2D eigenvalue weighted by molar-refractivity contribution is 0.0853. The number of carbonyl (C=O) groups excluding carboxylic acids is 1. The van der Waals surface area contributed by atoms with Gasteiger partial charge in [-0.2, -0.15) is 8.42 Å². The van der Waals surface area contributed by atoms with Crippen LogP contribution in [0.25, 0.3) is 0 Å². The first-order valence-corrected chi connectivity index (χ1v) is 5.89. The fraction of sp³-hybridized carbons (Fsp3) is 0.286. The van der Waals surface area contributed by atoms with Crippen LogP contribution in [0.5, 0.6) is 0 Å². The van der Waals surface area contributed by atoms with E-state index in [1.807, 2.05) is 0 Å². The van der Waals surface area contributed by atoms with Crippen LogP contribution in [-0.4, -0.2) is 29.3 Å². The maximum atomic E-state index is 11.2. The highest BCUT2D eigenvalue weighted by Crippen LogP contribution is 2.18. The number of thiophene rings is 1. The average molecular weight is 236 g/mol. The van der Waals surface area contributed by atoms with Crippen LogP contribution in [0.2, 0.25) is 0 Å². The van der Waals surface area contributed by atoms with Crippen molar-refractivity contribution in [2.75, 3.05) is 0 Å². The number of hydrogen-bond acceptors (Lipinski definition) is 5. The second-order valence-corrected chi connectivity index (χ2v) is 5.41. The summed E-state index contributed by atoms with van der Waals surface area (Å²) < 4.78 is 29.3. The van der Waals surface area contributed by atoms with E-state index in [1.54, 1.807) is 13.0 Å². The Labute approximate surface area is 84.8 Å². The summed E-state index contributed by atoms with van der Waals surface area (Å²) >= 11 is 1.06. The molecule has 14 heavy (non-hydrogen) atoms. The molecule has 0 aliphatic rings. The summed E-state index contributed by atoms with van der Waals surface area (Å²) in [5.74, 6) is -1.01. The number of Topliss-reactive ketones (excluding diaryl/α,β-unsaturated/α-hetero) is 1. The highest BCUT2D eigenvalue weighted by atomic mass is 32.2. The molecular formula is C7H8O5S2. The summed E-state index contributed by atoms with van der Waals surface area (Å²) in [6.07, 6.45) is 0. The van der Waals surface area contributed by atoms with E-state index < -0.39 is 21.3 Å². The van der Waals surface area contributed by atoms with E-state index in [0.29, 0.717) is 0 Å². The summed E-state index contributed by atoms with van der Waals surface area (Å²) in [5.41, 5.74) is -2.39. The third-order valence-corrected chi connectivity index (χ3v) is 3.28. The first-order valence-electron chi connectivity index (χ1n) is 3.57. The minimum absolute atomic E-state index is 0.104. The molecule has 1 unspecified atom stereocenters. The normalized spacial score (nSPS) is 13.9. The molecule has 0 saturated carbocycles. The molecule has 0 aliphatic carbocycles. The van der Waals surface area contributed by atoms with E-state index in [0.717, 1.165) is 16.2 Å². The quantitative estimate of drug-likeness (QED) is 0.587. The smallest absolute Gasteiger partial charge is 0.300 e. The molecule has 1 aromatic heterocycles. The molecule has 1 aromatic rings. The first-order chi connectivity index (χ1) is 6.32. The van der Waals surface area contributed by atoms with E-state index in [1.165, 1.54) is 6.07 Å². The minimum Gasteiger partial charge on any atom is -0.369 e. The fourth-order valence-corrected chi connectivity index (χ4v) is 2.13. The molecule has 0 bridgehead atoms. The Kier molecular flexibility index (Phi) is 3.05. The molecule has 0 amide bonds. The van der Waals surface area contributed by atoms with Gasteiger partial charge in [0.05, 0.1) is 4.88 Å². The van der Waals surface area contributed by atoms with Gasteiger partial charge in [0.1, 0.15) is 0 Å². The summed E-state index contributed by atoms with van der Waals surface area (Å²) in [7, 11) is -4.73. The Bertz CT molecular complexity index is 444. The minimum atomic E-state index is -4.73. The third-order valence-electron chi connectivity index (χ3n) is 1.49. The van der Waals surface area contributed by atoms with Crippen molar-refractivity contribution in [3.8, 4) is 0 Å². The summed E-state index contributed by atoms with van der Waals surface area (Å²) in [4.78, 5) is 12.1. The van der Waals surface area contributed by atoms with Crippen LogP contribution in [0, 0.1) is 6.92 Å². The Balaban J connectivity index is 2.98. The molecule has 2 N–H and O–H groups in total. The van der Waals surface area contributed by atoms with E-state index in [-0.39, 0.29) is 4.88 Å². The topological polar surface area (TPSA) is 91.7 Å². The highest BCUT2D eigenvalue weighted by molar-refractivity contribution is 7.87. The number of aliphatic hydroxyl groups excluding tert-OH is 1. The Morgan fingerprint density at radius 1 is 1.50 bits per heavy atom. The van der Waals surface area contributed by atoms with Crippen molar-refractivity contribution >= 4 is 27.2 Å². The van der Waals surface area contributed by atoms with Crippen LogP contribution in [-0.2, 0) is 10.1 Å². The van der Waals surface area contributed by atoms with Gasteiger partial charge in [0.2, 0.25) is 11.2 Å². The van der Waals surface area contributed by atoms with Crippen LogP contribution in [0.15, 0.2) is 12.1 Å². The molecule has 7 heteroatoms. The molecule has 0 spiro atoms. The van der Waals surface area contributed by atoms with Crippen LogP contribution in [0.4, 0.5) is 0 Å². The molecule has 0 aliphatic heterocycles. The van der Waals surface area contributed by atoms with Gasteiger partial charge in [0, 0.05) is 4.88 Å².